The molecule has 1 aromatic rings. The van der Waals surface area contributed by atoms with Crippen LogP contribution in [0.15, 0.2) is 29.5 Å². The van der Waals surface area contributed by atoms with Crippen molar-refractivity contribution in [2.75, 3.05) is 26.2 Å². The Hall–Kier alpha value is -1.62. The van der Waals surface area contributed by atoms with Gasteiger partial charge in [-0.05, 0) is 34.7 Å². The molecule has 2 aliphatic rings. The van der Waals surface area contributed by atoms with Crippen molar-refractivity contribution in [1.29, 1.82) is 0 Å². The Morgan fingerprint density at radius 3 is 3.09 bits per heavy atom. The fraction of sp³-hybridized carbons (Fsp3) is 0.529. The first-order chi connectivity index (χ1) is 10.6. The van der Waals surface area contributed by atoms with Crippen LogP contribution in [0, 0.1) is 11.3 Å². The molecule has 2 fully saturated rings. The number of amides is 2. The van der Waals surface area contributed by atoms with E-state index in [4.69, 9.17) is 0 Å². The van der Waals surface area contributed by atoms with E-state index >= 15 is 0 Å². The van der Waals surface area contributed by atoms with Crippen molar-refractivity contribution in [3.63, 3.8) is 0 Å². The van der Waals surface area contributed by atoms with Crippen LogP contribution in [0.5, 0.6) is 0 Å². The van der Waals surface area contributed by atoms with Crippen LogP contribution in [0.1, 0.15) is 18.9 Å². The lowest BCUT2D eigenvalue weighted by atomic mass is 9.78. The number of carbonyl (C=O) groups is 2. The van der Waals surface area contributed by atoms with E-state index < -0.39 is 0 Å². The predicted octanol–water partition coefficient (Wildman–Crippen LogP) is 2.17. The molecule has 0 unspecified atom stereocenters. The van der Waals surface area contributed by atoms with Crippen molar-refractivity contribution in [3.8, 4) is 0 Å². The third-order valence-corrected chi connectivity index (χ3v) is 5.82. The Balaban J connectivity index is 1.70. The molecular weight excluding hydrogens is 296 g/mol. The van der Waals surface area contributed by atoms with Gasteiger partial charge in [-0.3, -0.25) is 9.59 Å². The number of likely N-dealkylation sites (tertiary alicyclic amines) is 2. The molecule has 0 radical (unpaired) electrons. The van der Waals surface area contributed by atoms with E-state index in [2.05, 4.69) is 13.5 Å². The third kappa shape index (κ3) is 2.47. The van der Waals surface area contributed by atoms with Gasteiger partial charge in [-0.2, -0.15) is 11.3 Å². The molecule has 2 aliphatic heterocycles. The Morgan fingerprint density at radius 2 is 2.41 bits per heavy atom. The van der Waals surface area contributed by atoms with Crippen molar-refractivity contribution in [2.24, 2.45) is 11.3 Å². The van der Waals surface area contributed by atoms with Crippen LogP contribution in [-0.4, -0.2) is 47.8 Å². The monoisotopic (exact) mass is 318 g/mol. The summed E-state index contributed by atoms with van der Waals surface area (Å²) in [5.41, 5.74) is 0.697. The van der Waals surface area contributed by atoms with Crippen LogP contribution >= 0.6 is 11.3 Å². The summed E-state index contributed by atoms with van der Waals surface area (Å²) in [5, 5.41) is 4.00. The van der Waals surface area contributed by atoms with E-state index in [9.17, 15) is 9.59 Å². The molecule has 0 bridgehead atoms. The second-order valence-corrected chi connectivity index (χ2v) is 7.21. The van der Waals surface area contributed by atoms with Crippen molar-refractivity contribution in [2.45, 2.75) is 19.8 Å². The Kier molecular flexibility index (Phi) is 4.08. The predicted molar refractivity (Wildman–Crippen MR) is 87.6 cm³/mol. The van der Waals surface area contributed by atoms with E-state index in [1.807, 2.05) is 26.6 Å². The molecule has 1 aromatic heterocycles. The molecule has 22 heavy (non-hydrogen) atoms. The zero-order valence-electron chi connectivity index (χ0n) is 13.0. The SMILES string of the molecule is C=CCN1CC[C@]2(CN(C(=O)Cc3ccsc3)C[C@H]2C)C1=O. The van der Waals surface area contributed by atoms with E-state index in [-0.39, 0.29) is 23.1 Å². The lowest BCUT2D eigenvalue weighted by Crippen LogP contribution is -2.40. The van der Waals surface area contributed by atoms with Gasteiger partial charge in [0.05, 0.1) is 11.8 Å². The molecule has 2 saturated heterocycles. The van der Waals surface area contributed by atoms with Gasteiger partial charge in [0.15, 0.2) is 0 Å². The average Bonchev–Trinajstić information content (AvgIpc) is 3.18. The zero-order chi connectivity index (χ0) is 15.7. The van der Waals surface area contributed by atoms with Crippen LogP contribution in [-0.2, 0) is 16.0 Å². The molecule has 0 aromatic carbocycles. The third-order valence-electron chi connectivity index (χ3n) is 5.09. The van der Waals surface area contributed by atoms with Crippen LogP contribution < -0.4 is 0 Å². The molecule has 0 N–H and O–H groups in total. The molecular formula is C17H22N2O2S. The van der Waals surface area contributed by atoms with Crippen LogP contribution in [0.3, 0.4) is 0 Å². The first-order valence-corrected chi connectivity index (χ1v) is 8.70. The lowest BCUT2D eigenvalue weighted by molar-refractivity contribution is -0.137. The number of rotatable bonds is 4. The molecule has 0 saturated carbocycles. The maximum atomic E-state index is 12.8. The number of hydrogen-bond donors (Lipinski definition) is 0. The van der Waals surface area contributed by atoms with Gasteiger partial charge < -0.3 is 9.80 Å². The maximum Gasteiger partial charge on any atom is 0.231 e. The second-order valence-electron chi connectivity index (χ2n) is 6.43. The molecule has 118 valence electrons. The van der Waals surface area contributed by atoms with E-state index in [0.717, 1.165) is 18.5 Å². The number of carbonyl (C=O) groups excluding carboxylic acids is 2. The summed E-state index contributed by atoms with van der Waals surface area (Å²) < 4.78 is 0. The highest BCUT2D eigenvalue weighted by molar-refractivity contribution is 7.08. The number of thiophene rings is 1. The zero-order valence-corrected chi connectivity index (χ0v) is 13.8. The Morgan fingerprint density at radius 1 is 1.59 bits per heavy atom. The van der Waals surface area contributed by atoms with Crippen molar-refractivity contribution in [1.82, 2.24) is 9.80 Å². The summed E-state index contributed by atoms with van der Waals surface area (Å²) in [6.45, 7) is 8.48. The first kappa shape index (κ1) is 15.3. The average molecular weight is 318 g/mol. The van der Waals surface area contributed by atoms with Gasteiger partial charge in [0, 0.05) is 26.2 Å². The highest BCUT2D eigenvalue weighted by Crippen LogP contribution is 2.44. The lowest BCUT2D eigenvalue weighted by Gasteiger charge is -2.26. The van der Waals surface area contributed by atoms with Crippen molar-refractivity contribution in [3.05, 3.63) is 35.0 Å². The Bertz CT molecular complexity index is 583. The molecule has 4 nitrogen and oxygen atoms in total. The van der Waals surface area contributed by atoms with Gasteiger partial charge in [-0.1, -0.05) is 13.0 Å². The fourth-order valence-corrected chi connectivity index (χ4v) is 4.40. The maximum absolute atomic E-state index is 12.8. The van der Waals surface area contributed by atoms with Gasteiger partial charge in [0.25, 0.3) is 0 Å². The first-order valence-electron chi connectivity index (χ1n) is 7.76. The fourth-order valence-electron chi connectivity index (χ4n) is 3.73. The number of hydrogen-bond acceptors (Lipinski definition) is 3. The van der Waals surface area contributed by atoms with Crippen molar-refractivity contribution < 1.29 is 9.59 Å². The van der Waals surface area contributed by atoms with Crippen LogP contribution in [0.2, 0.25) is 0 Å². The molecule has 3 heterocycles. The normalized spacial score (nSPS) is 27.9. The van der Waals surface area contributed by atoms with Gasteiger partial charge in [-0.15, -0.1) is 6.58 Å². The molecule has 3 rings (SSSR count). The van der Waals surface area contributed by atoms with Gasteiger partial charge in [0.1, 0.15) is 0 Å². The summed E-state index contributed by atoms with van der Waals surface area (Å²) in [4.78, 5) is 29.0. The van der Waals surface area contributed by atoms with E-state index in [0.29, 0.717) is 26.1 Å². The summed E-state index contributed by atoms with van der Waals surface area (Å²) in [7, 11) is 0. The molecule has 0 aliphatic carbocycles. The van der Waals surface area contributed by atoms with E-state index in [1.165, 1.54) is 0 Å². The van der Waals surface area contributed by atoms with Crippen LogP contribution in [0.4, 0.5) is 0 Å². The molecule has 2 amide bonds. The summed E-state index contributed by atoms with van der Waals surface area (Å²) in [6.07, 6.45) is 3.07. The van der Waals surface area contributed by atoms with Gasteiger partial charge >= 0.3 is 0 Å². The Labute approximate surface area is 135 Å². The molecule has 2 atom stereocenters. The van der Waals surface area contributed by atoms with Crippen LogP contribution in [0.25, 0.3) is 0 Å². The highest BCUT2D eigenvalue weighted by Gasteiger charge is 2.55. The van der Waals surface area contributed by atoms with Crippen molar-refractivity contribution >= 4 is 23.2 Å². The summed E-state index contributed by atoms with van der Waals surface area (Å²) in [6, 6.07) is 1.99. The highest BCUT2D eigenvalue weighted by atomic mass is 32.1. The van der Waals surface area contributed by atoms with Gasteiger partial charge in [-0.25, -0.2) is 0 Å². The largest absolute Gasteiger partial charge is 0.341 e. The van der Waals surface area contributed by atoms with E-state index in [1.54, 1.807) is 17.4 Å². The van der Waals surface area contributed by atoms with Gasteiger partial charge in [0.2, 0.25) is 11.8 Å². The standard InChI is InChI=1S/C17H22N2O2S/c1-3-6-18-7-5-17(16(18)21)12-19(10-13(17)2)15(20)9-14-4-8-22-11-14/h3-4,8,11,13H,1,5-7,9-10,12H2,2H3/t13-,17-/m1/s1. The minimum absolute atomic E-state index is 0.136. The number of nitrogens with zero attached hydrogens (tertiary/aromatic N) is 2. The second kappa shape index (κ2) is 5.88. The quantitative estimate of drug-likeness (QED) is 0.798. The smallest absolute Gasteiger partial charge is 0.231 e. The minimum atomic E-state index is -0.368. The summed E-state index contributed by atoms with van der Waals surface area (Å²) in [5.74, 6) is 0.559. The molecule has 5 heteroatoms. The molecule has 1 spiro atoms. The minimum Gasteiger partial charge on any atom is -0.341 e. The summed E-state index contributed by atoms with van der Waals surface area (Å²) >= 11 is 1.61. The topological polar surface area (TPSA) is 40.6 Å².